The van der Waals surface area contributed by atoms with E-state index in [9.17, 15) is 8.42 Å². The summed E-state index contributed by atoms with van der Waals surface area (Å²) < 4.78 is 31.4. The first-order chi connectivity index (χ1) is 10.1. The molecule has 120 valence electrons. The highest BCUT2D eigenvalue weighted by Gasteiger charge is 2.22. The Balaban J connectivity index is 2.05. The third-order valence-electron chi connectivity index (χ3n) is 2.48. The van der Waals surface area contributed by atoms with Crippen molar-refractivity contribution in [3.8, 4) is 5.75 Å². The fourth-order valence-corrected chi connectivity index (χ4v) is 3.64. The quantitative estimate of drug-likeness (QED) is 0.623. The Morgan fingerprint density at radius 3 is 2.41 bits per heavy atom. The molecule has 0 fully saturated rings. The normalized spacial score (nSPS) is 18.0. The molecule has 1 aromatic rings. The summed E-state index contributed by atoms with van der Waals surface area (Å²) in [4.78, 5) is 5.37. The number of hydrogen-bond acceptors (Lipinski definition) is 6. The second-order valence-electron chi connectivity index (χ2n) is 5.71. The van der Waals surface area contributed by atoms with Gasteiger partial charge in [0.05, 0.1) is 5.71 Å². The van der Waals surface area contributed by atoms with Gasteiger partial charge < -0.3 is 9.57 Å². The molecule has 1 heterocycles. The van der Waals surface area contributed by atoms with Gasteiger partial charge in [0.15, 0.2) is 0 Å². The molecule has 0 unspecified atom stereocenters. The highest BCUT2D eigenvalue weighted by atomic mass is 32.3. The molecule has 6 nitrogen and oxygen atoms in total. The van der Waals surface area contributed by atoms with E-state index in [2.05, 4.69) is 9.55 Å². The minimum absolute atomic E-state index is 0.0731. The van der Waals surface area contributed by atoms with E-state index in [0.717, 1.165) is 23.0 Å². The topological polar surface area (TPSA) is 77.3 Å². The Bertz CT molecular complexity index is 701. The Morgan fingerprint density at radius 2 is 1.91 bits per heavy atom. The maximum atomic E-state index is 11.2. The third-order valence-corrected chi connectivity index (χ3v) is 5.12. The van der Waals surface area contributed by atoms with Gasteiger partial charge in [-0.3, -0.25) is 0 Å². The van der Waals surface area contributed by atoms with Gasteiger partial charge in [-0.2, -0.15) is 0 Å². The van der Waals surface area contributed by atoms with Crippen molar-refractivity contribution in [3.05, 3.63) is 29.8 Å². The van der Waals surface area contributed by atoms with Crippen LogP contribution in [0.5, 0.6) is 5.75 Å². The first kappa shape index (κ1) is 16.8. The van der Waals surface area contributed by atoms with Crippen LogP contribution in [0, 0.1) is 0 Å². The van der Waals surface area contributed by atoms with Gasteiger partial charge in [0.2, 0.25) is 0 Å². The van der Waals surface area contributed by atoms with E-state index < -0.39 is 10.0 Å². The van der Waals surface area contributed by atoms with Crippen LogP contribution in [-0.2, 0) is 14.9 Å². The van der Waals surface area contributed by atoms with Gasteiger partial charge in [0, 0.05) is 0 Å². The molecule has 0 aromatic heterocycles. The van der Waals surface area contributed by atoms with Crippen molar-refractivity contribution in [2.45, 2.75) is 33.3 Å². The number of thioether (sulfide) groups is 1. The largest absolute Gasteiger partial charge is 0.433 e. The van der Waals surface area contributed by atoms with Crippen LogP contribution in [0.3, 0.4) is 0 Å². The average molecular weight is 342 g/mol. The van der Waals surface area contributed by atoms with Gasteiger partial charge in [-0.25, -0.2) is 8.42 Å². The summed E-state index contributed by atoms with van der Waals surface area (Å²) >= 11 is 1.06. The van der Waals surface area contributed by atoms with Crippen molar-refractivity contribution in [1.29, 1.82) is 0 Å². The summed E-state index contributed by atoms with van der Waals surface area (Å²) in [6.07, 6.45) is 0. The lowest BCUT2D eigenvalue weighted by Crippen LogP contribution is -2.16. The number of hydrogen-bond donors (Lipinski definition) is 0. The average Bonchev–Trinajstić information content (AvgIpc) is 2.75. The number of nitrogens with zero attached hydrogens (tertiary/aromatic N) is 2. The fraction of sp³-hybridized carbons (Fsp3) is 0.429. The van der Waals surface area contributed by atoms with E-state index in [1.54, 1.807) is 12.1 Å². The fourth-order valence-electron chi connectivity index (χ4n) is 1.46. The zero-order chi connectivity index (χ0) is 16.4. The number of ether oxygens (including phenoxy) is 1. The van der Waals surface area contributed by atoms with Crippen molar-refractivity contribution in [1.82, 2.24) is 0 Å². The molecule has 0 bridgehead atoms. The molecule has 0 radical (unpaired) electrons. The highest BCUT2D eigenvalue weighted by molar-refractivity contribution is 8.24. The third kappa shape index (κ3) is 5.03. The lowest BCUT2D eigenvalue weighted by molar-refractivity contribution is 0.000954. The molecule has 0 aliphatic carbocycles. The second-order valence-corrected chi connectivity index (χ2v) is 8.64. The Kier molecular flexibility index (Phi) is 4.81. The molecular formula is C14H18N2O4S2. The van der Waals surface area contributed by atoms with Gasteiger partial charge in [0.1, 0.15) is 16.4 Å². The summed E-state index contributed by atoms with van der Waals surface area (Å²) in [7, 11) is -3.37. The molecule has 0 saturated carbocycles. The van der Waals surface area contributed by atoms with Crippen LogP contribution in [0.1, 0.15) is 33.3 Å². The Labute approximate surface area is 134 Å². The molecule has 0 atom stereocenters. The smallest absolute Gasteiger partial charge is 0.268 e. The molecule has 0 N–H and O–H groups in total. The van der Waals surface area contributed by atoms with Gasteiger partial charge in [-0.05, 0) is 69.3 Å². The molecule has 0 saturated heterocycles. The SMILES string of the molecule is CC(=NOC(C)(C)C)c1ccc(OC2=NS(=O)(=O)CS2)cc1. The first-order valence-corrected chi connectivity index (χ1v) is 9.21. The summed E-state index contributed by atoms with van der Waals surface area (Å²) in [5.74, 6) is 0.525. The molecule has 8 heteroatoms. The lowest BCUT2D eigenvalue weighted by atomic mass is 10.1. The molecule has 0 amide bonds. The standard InChI is InChI=1S/C14H18N2O4S2/c1-10(15-20-14(2,3)4)11-5-7-12(8-6-11)19-13-16-22(17,18)9-21-13/h5-8H,9H2,1-4H3. The van der Waals surface area contributed by atoms with Gasteiger partial charge in [-0.15, -0.1) is 4.40 Å². The van der Waals surface area contributed by atoms with Crippen LogP contribution in [0.15, 0.2) is 33.8 Å². The number of sulfonamides is 1. The second kappa shape index (κ2) is 6.29. The van der Waals surface area contributed by atoms with Crippen molar-refractivity contribution in [2.24, 2.45) is 9.55 Å². The first-order valence-electron chi connectivity index (χ1n) is 6.61. The minimum Gasteiger partial charge on any atom is -0.433 e. The van der Waals surface area contributed by atoms with Crippen LogP contribution < -0.4 is 4.74 Å². The lowest BCUT2D eigenvalue weighted by Gasteiger charge is -2.16. The molecule has 1 aliphatic heterocycles. The predicted octanol–water partition coefficient (Wildman–Crippen LogP) is 2.99. The predicted molar refractivity (Wildman–Crippen MR) is 88.9 cm³/mol. The summed E-state index contributed by atoms with van der Waals surface area (Å²) in [6.45, 7) is 7.63. The molecule has 0 spiro atoms. The van der Waals surface area contributed by atoms with Gasteiger partial charge >= 0.3 is 0 Å². The number of rotatable bonds is 3. The molecule has 22 heavy (non-hydrogen) atoms. The summed E-state index contributed by atoms with van der Waals surface area (Å²) in [6, 6.07) is 7.13. The molecule has 1 aliphatic rings. The monoisotopic (exact) mass is 342 g/mol. The van der Waals surface area contributed by atoms with Crippen molar-refractivity contribution in [3.63, 3.8) is 0 Å². The molecular weight excluding hydrogens is 324 g/mol. The summed E-state index contributed by atoms with van der Waals surface area (Å²) in [5.41, 5.74) is 1.30. The van der Waals surface area contributed by atoms with Gasteiger partial charge in [0.25, 0.3) is 15.3 Å². The van der Waals surface area contributed by atoms with Crippen LogP contribution in [0.2, 0.25) is 0 Å². The van der Waals surface area contributed by atoms with Crippen molar-refractivity contribution < 1.29 is 18.0 Å². The van der Waals surface area contributed by atoms with Crippen molar-refractivity contribution >= 4 is 32.7 Å². The van der Waals surface area contributed by atoms with Crippen LogP contribution in [0.4, 0.5) is 0 Å². The highest BCUT2D eigenvalue weighted by Crippen LogP contribution is 2.23. The maximum Gasteiger partial charge on any atom is 0.268 e. The zero-order valence-electron chi connectivity index (χ0n) is 12.9. The molecule has 2 rings (SSSR count). The van der Waals surface area contributed by atoms with Gasteiger partial charge in [-0.1, -0.05) is 5.16 Å². The van der Waals surface area contributed by atoms with Crippen LogP contribution in [0.25, 0.3) is 0 Å². The number of benzene rings is 1. The van der Waals surface area contributed by atoms with Crippen molar-refractivity contribution in [2.75, 3.05) is 5.08 Å². The Morgan fingerprint density at radius 1 is 1.27 bits per heavy atom. The molecule has 1 aromatic carbocycles. The number of oxime groups is 1. The van der Waals surface area contributed by atoms with E-state index in [4.69, 9.17) is 9.57 Å². The van der Waals surface area contributed by atoms with E-state index in [-0.39, 0.29) is 15.9 Å². The van der Waals surface area contributed by atoms with E-state index in [1.165, 1.54) is 0 Å². The zero-order valence-corrected chi connectivity index (χ0v) is 14.5. The van der Waals surface area contributed by atoms with E-state index in [0.29, 0.717) is 5.75 Å². The Hall–Kier alpha value is -1.54. The van der Waals surface area contributed by atoms with E-state index in [1.807, 2.05) is 39.8 Å². The van der Waals surface area contributed by atoms with Crippen LogP contribution in [-0.4, -0.2) is 30.0 Å². The maximum absolute atomic E-state index is 11.2. The summed E-state index contributed by atoms with van der Waals surface area (Å²) in [5, 5.41) is 4.16. The van der Waals surface area contributed by atoms with Crippen LogP contribution >= 0.6 is 11.8 Å². The van der Waals surface area contributed by atoms with E-state index >= 15 is 0 Å². The minimum atomic E-state index is -3.37.